The van der Waals surface area contributed by atoms with Crippen molar-refractivity contribution in [1.82, 2.24) is 10.2 Å². The Kier molecular flexibility index (Phi) is 9.23. The fourth-order valence-corrected chi connectivity index (χ4v) is 3.79. The third-order valence-corrected chi connectivity index (χ3v) is 5.26. The summed E-state index contributed by atoms with van der Waals surface area (Å²) in [4.78, 5) is 9.01. The van der Waals surface area contributed by atoms with Crippen LogP contribution in [-0.4, -0.2) is 57.1 Å². The second kappa shape index (κ2) is 11.4. The topological polar surface area (TPSA) is 40.1 Å². The first-order valence-corrected chi connectivity index (χ1v) is 9.77. The van der Waals surface area contributed by atoms with E-state index in [1.54, 1.807) is 36.6 Å². The second-order valence-corrected chi connectivity index (χ2v) is 7.10. The van der Waals surface area contributed by atoms with E-state index in [4.69, 9.17) is 4.74 Å². The van der Waals surface area contributed by atoms with E-state index in [1.807, 2.05) is 6.07 Å². The van der Waals surface area contributed by atoms with Gasteiger partial charge in [-0.25, -0.2) is 8.78 Å². The predicted octanol–water partition coefficient (Wildman–Crippen LogP) is 3.91. The smallest absolute Gasteiger partial charge is 0.272 e. The zero-order valence-electron chi connectivity index (χ0n) is 15.7. The second-order valence-electron chi connectivity index (χ2n) is 6.18. The molecule has 1 fully saturated rings. The molecule has 1 aromatic heterocycles. The Bertz CT molecular complexity index is 737. The number of halogens is 3. The molecule has 1 aliphatic heterocycles. The van der Waals surface area contributed by atoms with Crippen LogP contribution in [0.2, 0.25) is 0 Å². The summed E-state index contributed by atoms with van der Waals surface area (Å²) >= 11 is 1.76. The van der Waals surface area contributed by atoms with Crippen LogP contribution in [0.5, 0.6) is 5.75 Å². The van der Waals surface area contributed by atoms with Crippen LogP contribution in [0.4, 0.5) is 13.8 Å². The largest absolute Gasteiger partial charge is 0.488 e. The van der Waals surface area contributed by atoms with Gasteiger partial charge in [0, 0.05) is 39.8 Å². The van der Waals surface area contributed by atoms with E-state index < -0.39 is 13.0 Å². The van der Waals surface area contributed by atoms with Crippen molar-refractivity contribution in [3.05, 3.63) is 47.3 Å². The molecule has 1 aliphatic rings. The molecule has 1 saturated heterocycles. The maximum absolute atomic E-state index is 12.3. The lowest BCUT2D eigenvalue weighted by molar-refractivity contribution is 0.0818. The van der Waals surface area contributed by atoms with Crippen molar-refractivity contribution in [2.75, 3.05) is 44.7 Å². The quantitative estimate of drug-likeness (QED) is 0.355. The number of ether oxygens (including phenoxy) is 1. The molecule has 0 unspecified atom stereocenters. The normalized spacial score (nSPS) is 14.8. The molecule has 154 valence electrons. The first-order valence-electron chi connectivity index (χ1n) is 8.89. The maximum atomic E-state index is 12.3. The van der Waals surface area contributed by atoms with Crippen molar-refractivity contribution in [2.45, 2.75) is 13.0 Å². The van der Waals surface area contributed by atoms with Crippen molar-refractivity contribution >= 4 is 46.3 Å². The van der Waals surface area contributed by atoms with Gasteiger partial charge in [-0.2, -0.15) is 0 Å². The molecule has 0 bridgehead atoms. The summed E-state index contributed by atoms with van der Waals surface area (Å²) in [5, 5.41) is 6.76. The minimum atomic E-state index is -2.47. The number of benzene rings is 1. The third kappa shape index (κ3) is 6.47. The number of nitrogens with zero attached hydrogens (tertiary/aromatic N) is 3. The standard InChI is InChI=1S/C19H24F2N4OS.HI/c1-22-19(25-9-7-24(8-10-25)18-6-3-11-27-18)23-13-15-4-2-5-16(12-15)26-14-17(20)21;/h2-6,11-12,17H,7-10,13-14H2,1H3,(H,22,23);1H. The monoisotopic (exact) mass is 522 g/mol. The van der Waals surface area contributed by atoms with Crippen LogP contribution in [0.3, 0.4) is 0 Å². The molecule has 2 aromatic rings. The molecule has 0 radical (unpaired) electrons. The summed E-state index contributed by atoms with van der Waals surface area (Å²) in [7, 11) is 1.77. The number of rotatable bonds is 6. The lowest BCUT2D eigenvalue weighted by Crippen LogP contribution is -2.52. The van der Waals surface area contributed by atoms with Gasteiger partial charge in [-0.15, -0.1) is 35.3 Å². The van der Waals surface area contributed by atoms with E-state index in [1.165, 1.54) is 5.00 Å². The highest BCUT2D eigenvalue weighted by molar-refractivity contribution is 14.0. The Labute approximate surface area is 185 Å². The van der Waals surface area contributed by atoms with Gasteiger partial charge in [0.05, 0.1) is 5.00 Å². The Morgan fingerprint density at radius 3 is 2.64 bits per heavy atom. The van der Waals surface area contributed by atoms with Crippen LogP contribution in [0.25, 0.3) is 0 Å². The van der Waals surface area contributed by atoms with Crippen LogP contribution in [0.1, 0.15) is 5.56 Å². The Morgan fingerprint density at radius 2 is 2.00 bits per heavy atom. The highest BCUT2D eigenvalue weighted by atomic mass is 127. The minimum Gasteiger partial charge on any atom is -0.488 e. The molecule has 0 aliphatic carbocycles. The van der Waals surface area contributed by atoms with Crippen molar-refractivity contribution < 1.29 is 13.5 Å². The fraction of sp³-hybridized carbons (Fsp3) is 0.421. The SMILES string of the molecule is CN=C(NCc1cccc(OCC(F)F)c1)N1CCN(c2cccs2)CC1.I. The van der Waals surface area contributed by atoms with Gasteiger partial charge in [0.1, 0.15) is 12.4 Å². The number of hydrogen-bond acceptors (Lipinski definition) is 4. The van der Waals surface area contributed by atoms with Gasteiger partial charge >= 0.3 is 0 Å². The first kappa shape index (κ1) is 22.7. The maximum Gasteiger partial charge on any atom is 0.272 e. The molecular formula is C19H25F2IN4OS. The highest BCUT2D eigenvalue weighted by Gasteiger charge is 2.20. The molecular weight excluding hydrogens is 497 g/mol. The van der Waals surface area contributed by atoms with Crippen molar-refractivity contribution in [3.63, 3.8) is 0 Å². The number of piperazine rings is 1. The van der Waals surface area contributed by atoms with E-state index in [9.17, 15) is 8.78 Å². The van der Waals surface area contributed by atoms with E-state index in [-0.39, 0.29) is 24.0 Å². The number of hydrogen-bond donors (Lipinski definition) is 1. The molecule has 0 saturated carbocycles. The predicted molar refractivity (Wildman–Crippen MR) is 122 cm³/mol. The lowest BCUT2D eigenvalue weighted by Gasteiger charge is -2.37. The number of alkyl halides is 2. The fourth-order valence-electron chi connectivity index (χ4n) is 3.01. The Hall–Kier alpha value is -1.62. The number of nitrogens with one attached hydrogen (secondary N) is 1. The van der Waals surface area contributed by atoms with Crippen molar-refractivity contribution in [3.8, 4) is 5.75 Å². The molecule has 1 aromatic carbocycles. The molecule has 28 heavy (non-hydrogen) atoms. The van der Waals surface area contributed by atoms with Crippen LogP contribution in [0, 0.1) is 0 Å². The van der Waals surface area contributed by atoms with E-state index in [0.29, 0.717) is 12.3 Å². The molecule has 5 nitrogen and oxygen atoms in total. The average Bonchev–Trinajstić information content (AvgIpc) is 3.22. The van der Waals surface area contributed by atoms with Gasteiger partial charge < -0.3 is 19.9 Å². The third-order valence-electron chi connectivity index (χ3n) is 4.33. The summed E-state index contributed by atoms with van der Waals surface area (Å²) < 4.78 is 29.6. The zero-order chi connectivity index (χ0) is 19.1. The molecule has 0 atom stereocenters. The minimum absolute atomic E-state index is 0. The number of aliphatic imine (C=N–C) groups is 1. The summed E-state index contributed by atoms with van der Waals surface area (Å²) in [6, 6.07) is 11.4. The highest BCUT2D eigenvalue weighted by Crippen LogP contribution is 2.22. The van der Waals surface area contributed by atoms with Gasteiger partial charge in [0.15, 0.2) is 5.96 Å². The Morgan fingerprint density at radius 1 is 1.21 bits per heavy atom. The zero-order valence-corrected chi connectivity index (χ0v) is 18.8. The van der Waals surface area contributed by atoms with Gasteiger partial charge in [-0.05, 0) is 35.2 Å². The van der Waals surface area contributed by atoms with Crippen molar-refractivity contribution in [2.24, 2.45) is 4.99 Å². The number of anilines is 1. The van der Waals surface area contributed by atoms with Gasteiger partial charge in [-0.1, -0.05) is 12.1 Å². The van der Waals surface area contributed by atoms with Gasteiger partial charge in [0.2, 0.25) is 0 Å². The molecule has 3 rings (SSSR count). The molecule has 1 N–H and O–H groups in total. The van der Waals surface area contributed by atoms with E-state index >= 15 is 0 Å². The van der Waals surface area contributed by atoms with Crippen LogP contribution >= 0.6 is 35.3 Å². The van der Waals surface area contributed by atoms with Gasteiger partial charge in [-0.3, -0.25) is 4.99 Å². The van der Waals surface area contributed by atoms with Crippen LogP contribution in [-0.2, 0) is 6.54 Å². The Balaban J connectivity index is 0.00000280. The average molecular weight is 522 g/mol. The van der Waals surface area contributed by atoms with E-state index in [0.717, 1.165) is 37.7 Å². The lowest BCUT2D eigenvalue weighted by atomic mass is 10.2. The van der Waals surface area contributed by atoms with Crippen LogP contribution < -0.4 is 15.0 Å². The summed E-state index contributed by atoms with van der Waals surface area (Å²) in [5.41, 5.74) is 0.958. The summed E-state index contributed by atoms with van der Waals surface area (Å²) in [5.74, 6) is 1.30. The van der Waals surface area contributed by atoms with Gasteiger partial charge in [0.25, 0.3) is 6.43 Å². The van der Waals surface area contributed by atoms with E-state index in [2.05, 4.69) is 37.6 Å². The summed E-state index contributed by atoms with van der Waals surface area (Å²) in [6.45, 7) is 3.68. The van der Waals surface area contributed by atoms with Crippen molar-refractivity contribution in [1.29, 1.82) is 0 Å². The van der Waals surface area contributed by atoms with Crippen LogP contribution in [0.15, 0.2) is 46.8 Å². The molecule has 2 heterocycles. The number of guanidine groups is 1. The summed E-state index contributed by atoms with van der Waals surface area (Å²) in [6.07, 6.45) is -2.47. The molecule has 9 heteroatoms. The molecule has 0 amide bonds. The number of thiophene rings is 1. The first-order chi connectivity index (χ1) is 13.2. The molecule has 0 spiro atoms.